The molecule has 0 spiro atoms. The van der Waals surface area contributed by atoms with E-state index in [2.05, 4.69) is 20.8 Å². The summed E-state index contributed by atoms with van der Waals surface area (Å²) in [7, 11) is 0. The molecular formula is C20H31F2N5O5. The third-order valence-electron chi connectivity index (χ3n) is 5.49. The second kappa shape index (κ2) is 10.5. The summed E-state index contributed by atoms with van der Waals surface area (Å²) < 4.78 is 38.0. The summed E-state index contributed by atoms with van der Waals surface area (Å²) in [5.41, 5.74) is 0. The van der Waals surface area contributed by atoms with E-state index in [4.69, 9.17) is 9.26 Å². The molecule has 10 nitrogen and oxygen atoms in total. The molecule has 1 aromatic rings. The average molecular weight is 459 g/mol. The van der Waals surface area contributed by atoms with Crippen LogP contribution in [0.25, 0.3) is 0 Å². The molecule has 3 rings (SSSR count). The zero-order valence-electron chi connectivity index (χ0n) is 18.4. The van der Waals surface area contributed by atoms with Crippen LogP contribution in [0.1, 0.15) is 69.7 Å². The minimum Gasteiger partial charge on any atom is -0.381 e. The Morgan fingerprint density at radius 2 is 2.03 bits per heavy atom. The van der Waals surface area contributed by atoms with Gasteiger partial charge in [-0.25, -0.2) is 13.6 Å². The summed E-state index contributed by atoms with van der Waals surface area (Å²) in [6, 6.07) is -2.96. The normalized spacial score (nSPS) is 20.2. The van der Waals surface area contributed by atoms with Gasteiger partial charge in [0.05, 0.1) is 12.6 Å². The fourth-order valence-corrected chi connectivity index (χ4v) is 3.49. The minimum absolute atomic E-state index is 0.0370. The van der Waals surface area contributed by atoms with Crippen LogP contribution in [-0.2, 0) is 9.53 Å². The lowest BCUT2D eigenvalue weighted by Gasteiger charge is -2.28. The number of carbonyl (C=O) groups excluding carboxylic acids is 2. The Kier molecular flexibility index (Phi) is 7.99. The third kappa shape index (κ3) is 6.83. The Bertz CT molecular complexity index is 775. The van der Waals surface area contributed by atoms with Crippen LogP contribution in [0, 0.1) is 0 Å². The lowest BCUT2D eigenvalue weighted by molar-refractivity contribution is -0.127. The molecule has 1 aromatic heterocycles. The van der Waals surface area contributed by atoms with Gasteiger partial charge in [-0.05, 0) is 32.6 Å². The van der Waals surface area contributed by atoms with E-state index in [0.717, 1.165) is 12.8 Å². The molecule has 1 aliphatic heterocycles. The molecule has 3 amide bonds. The summed E-state index contributed by atoms with van der Waals surface area (Å²) >= 11 is 0. The van der Waals surface area contributed by atoms with E-state index in [1.54, 1.807) is 6.92 Å². The quantitative estimate of drug-likeness (QED) is 0.513. The van der Waals surface area contributed by atoms with Crippen molar-refractivity contribution >= 4 is 11.9 Å². The minimum atomic E-state index is -3.19. The van der Waals surface area contributed by atoms with Gasteiger partial charge in [-0.3, -0.25) is 4.79 Å². The molecule has 1 aliphatic carbocycles. The Hall–Kier alpha value is -2.34. The fraction of sp³-hybridized carbons (Fsp3) is 0.800. The molecule has 0 radical (unpaired) electrons. The smallest absolute Gasteiger partial charge is 0.318 e. The van der Waals surface area contributed by atoms with Crippen molar-refractivity contribution in [2.75, 3.05) is 26.3 Å². The first-order valence-corrected chi connectivity index (χ1v) is 11.0. The van der Waals surface area contributed by atoms with Gasteiger partial charge in [0.15, 0.2) is 11.9 Å². The van der Waals surface area contributed by atoms with E-state index in [-0.39, 0.29) is 18.2 Å². The number of hydrogen-bond donors (Lipinski definition) is 3. The monoisotopic (exact) mass is 459 g/mol. The summed E-state index contributed by atoms with van der Waals surface area (Å²) in [6.45, 7) is 3.95. The molecular weight excluding hydrogens is 428 g/mol. The molecule has 1 saturated carbocycles. The molecule has 3 atom stereocenters. The second-order valence-corrected chi connectivity index (χ2v) is 8.46. The van der Waals surface area contributed by atoms with Crippen molar-refractivity contribution < 1.29 is 32.7 Å². The maximum absolute atomic E-state index is 13.8. The topological polar surface area (TPSA) is 130 Å². The van der Waals surface area contributed by atoms with Gasteiger partial charge in [-0.15, -0.1) is 0 Å². The number of carbonyl (C=O) groups is 2. The number of alkyl halides is 2. The maximum Gasteiger partial charge on any atom is 0.318 e. The number of nitrogens with zero attached hydrogens (tertiary/aromatic N) is 3. The van der Waals surface area contributed by atoms with Gasteiger partial charge in [0.2, 0.25) is 11.8 Å². The highest BCUT2D eigenvalue weighted by molar-refractivity contribution is 5.87. The molecule has 180 valence electrons. The molecule has 12 heteroatoms. The molecule has 2 heterocycles. The lowest BCUT2D eigenvalue weighted by Crippen LogP contribution is -2.55. The number of aliphatic hydroxyl groups is 1. The fourth-order valence-electron chi connectivity index (χ4n) is 3.49. The SMILES string of the molecule is CC[C@H](NC(=O)[C@H](CC(C)(F)F)NC(=O)N1CCCOCC1)C(O)c1nc(C2CC2)no1. The van der Waals surface area contributed by atoms with Crippen LogP contribution in [0.15, 0.2) is 4.52 Å². The molecule has 1 unspecified atom stereocenters. The van der Waals surface area contributed by atoms with Crippen LogP contribution < -0.4 is 10.6 Å². The number of nitrogens with one attached hydrogen (secondary N) is 2. The number of aromatic nitrogens is 2. The zero-order valence-corrected chi connectivity index (χ0v) is 18.4. The van der Waals surface area contributed by atoms with E-state index in [1.165, 1.54) is 4.90 Å². The van der Waals surface area contributed by atoms with Crippen LogP contribution in [0.2, 0.25) is 0 Å². The number of ether oxygens (including phenoxy) is 1. The highest BCUT2D eigenvalue weighted by Crippen LogP contribution is 2.38. The maximum atomic E-state index is 13.8. The van der Waals surface area contributed by atoms with Gasteiger partial charge in [0.25, 0.3) is 5.89 Å². The Balaban J connectivity index is 1.65. The summed E-state index contributed by atoms with van der Waals surface area (Å²) in [6.07, 6.45) is 0.627. The number of hydrogen-bond acceptors (Lipinski definition) is 7. The van der Waals surface area contributed by atoms with Gasteiger partial charge in [-0.1, -0.05) is 12.1 Å². The largest absolute Gasteiger partial charge is 0.381 e. The van der Waals surface area contributed by atoms with Gasteiger partial charge < -0.3 is 29.9 Å². The number of urea groups is 1. The van der Waals surface area contributed by atoms with Crippen LogP contribution in [0.4, 0.5) is 13.6 Å². The van der Waals surface area contributed by atoms with Gasteiger partial charge in [0, 0.05) is 32.0 Å². The summed E-state index contributed by atoms with van der Waals surface area (Å²) in [5, 5.41) is 19.4. The van der Waals surface area contributed by atoms with E-state index >= 15 is 0 Å². The van der Waals surface area contributed by atoms with Crippen LogP contribution in [0.5, 0.6) is 0 Å². The number of rotatable bonds is 9. The number of halogens is 2. The number of aliphatic hydroxyl groups excluding tert-OH is 1. The molecule has 0 aromatic carbocycles. The standard InChI is InChI=1S/C20H31F2N5O5/c1-3-13(15(28)18-25-16(26-32-18)12-5-6-12)23-17(29)14(11-20(2,21)22)24-19(30)27-7-4-9-31-10-8-27/h12-15,28H,3-11H2,1-2H3,(H,23,29)(H,24,30)/t13-,14-,15?/m0/s1. The van der Waals surface area contributed by atoms with Crippen molar-refractivity contribution in [3.05, 3.63) is 11.7 Å². The van der Waals surface area contributed by atoms with Crippen molar-refractivity contribution in [2.45, 2.75) is 76.0 Å². The first kappa shape index (κ1) is 24.3. The first-order chi connectivity index (χ1) is 15.2. The van der Waals surface area contributed by atoms with E-state index < -0.39 is 42.5 Å². The highest BCUT2D eigenvalue weighted by atomic mass is 19.3. The molecule has 2 aliphatic rings. The molecule has 3 N–H and O–H groups in total. The van der Waals surface area contributed by atoms with Gasteiger partial charge in [-0.2, -0.15) is 4.98 Å². The Morgan fingerprint density at radius 3 is 2.69 bits per heavy atom. The van der Waals surface area contributed by atoms with E-state index in [0.29, 0.717) is 45.5 Å². The first-order valence-electron chi connectivity index (χ1n) is 11.0. The van der Waals surface area contributed by atoms with Crippen molar-refractivity contribution in [3.63, 3.8) is 0 Å². The third-order valence-corrected chi connectivity index (χ3v) is 5.49. The van der Waals surface area contributed by atoms with Crippen molar-refractivity contribution in [1.82, 2.24) is 25.7 Å². The highest BCUT2D eigenvalue weighted by Gasteiger charge is 2.36. The van der Waals surface area contributed by atoms with E-state index in [1.807, 2.05) is 0 Å². The summed E-state index contributed by atoms with van der Waals surface area (Å²) in [5.74, 6) is -3.31. The van der Waals surface area contributed by atoms with Gasteiger partial charge in [0.1, 0.15) is 6.04 Å². The molecule has 0 bridgehead atoms. The van der Waals surface area contributed by atoms with Crippen molar-refractivity contribution in [2.24, 2.45) is 0 Å². The van der Waals surface area contributed by atoms with Crippen molar-refractivity contribution in [1.29, 1.82) is 0 Å². The van der Waals surface area contributed by atoms with Crippen molar-refractivity contribution in [3.8, 4) is 0 Å². The molecule has 32 heavy (non-hydrogen) atoms. The van der Waals surface area contributed by atoms with Crippen LogP contribution in [0.3, 0.4) is 0 Å². The van der Waals surface area contributed by atoms with Crippen LogP contribution in [-0.4, -0.2) is 76.4 Å². The predicted octanol–water partition coefficient (Wildman–Crippen LogP) is 1.72. The summed E-state index contributed by atoms with van der Waals surface area (Å²) in [4.78, 5) is 31.1. The van der Waals surface area contributed by atoms with Gasteiger partial charge >= 0.3 is 6.03 Å². The Labute approximate surface area is 185 Å². The zero-order chi connectivity index (χ0) is 23.3. The predicted molar refractivity (Wildman–Crippen MR) is 108 cm³/mol. The van der Waals surface area contributed by atoms with Crippen LogP contribution >= 0.6 is 0 Å². The molecule has 1 saturated heterocycles. The average Bonchev–Trinajstić information content (AvgIpc) is 3.52. The lowest BCUT2D eigenvalue weighted by atomic mass is 10.0. The Morgan fingerprint density at radius 1 is 1.28 bits per heavy atom. The second-order valence-electron chi connectivity index (χ2n) is 8.46. The van der Waals surface area contributed by atoms with E-state index in [9.17, 15) is 23.5 Å². The number of amides is 3. The molecule has 2 fully saturated rings.